The van der Waals surface area contributed by atoms with E-state index in [1.807, 2.05) is 23.1 Å². The molecule has 586 valence electrons. The van der Waals surface area contributed by atoms with E-state index in [1.165, 1.54) is 308 Å². The molecule has 0 aromatic heterocycles. The number of guanidine groups is 1. The maximum atomic E-state index is 6.92. The monoisotopic (exact) mass is 1430 g/mol. The van der Waals surface area contributed by atoms with E-state index < -0.39 is 0 Å². The summed E-state index contributed by atoms with van der Waals surface area (Å²) in [6.45, 7) is 17.4. The Morgan fingerprint density at radius 1 is 0.243 bits per heavy atom. The fraction of sp³-hybridized carbons (Fsp3) is 0.783. The van der Waals surface area contributed by atoms with E-state index in [4.69, 9.17) is 48.4 Å². The number of aliphatic imine (C=N–C) groups is 4. The number of unbranched alkanes of at least 4 members (excludes halogenated alkanes) is 54. The second kappa shape index (κ2) is 62.3. The summed E-state index contributed by atoms with van der Waals surface area (Å²) >= 11 is 0. The van der Waals surface area contributed by atoms with Gasteiger partial charge in [0.25, 0.3) is 0 Å². The number of nitrogens with zero attached hydrogens (tertiary/aromatic N) is 5. The van der Waals surface area contributed by atoms with E-state index in [0.717, 1.165) is 88.2 Å². The first-order valence-electron chi connectivity index (χ1n) is 44.7. The minimum Gasteiger partial charge on any atom is -0.490 e. The molecule has 3 heterocycles. The van der Waals surface area contributed by atoms with Crippen LogP contribution in [-0.4, -0.2) is 68.0 Å². The van der Waals surface area contributed by atoms with Crippen molar-refractivity contribution in [3.8, 4) is 34.5 Å². The fourth-order valence-corrected chi connectivity index (χ4v) is 14.4. The predicted octanol–water partition coefficient (Wildman–Crippen LogP) is 29.2. The molecule has 0 bridgehead atoms. The van der Waals surface area contributed by atoms with Crippen LogP contribution < -0.4 is 28.4 Å². The van der Waals surface area contributed by atoms with Gasteiger partial charge in [0.1, 0.15) is 11.7 Å². The molecule has 103 heavy (non-hydrogen) atoms. The molecule has 0 N–H and O–H groups in total. The van der Waals surface area contributed by atoms with Crippen LogP contribution in [0.4, 0.5) is 0 Å². The van der Waals surface area contributed by atoms with E-state index in [2.05, 4.69) is 65.8 Å². The Hall–Kier alpha value is -4.80. The number of benzene rings is 2. The predicted molar refractivity (Wildman–Crippen MR) is 444 cm³/mol. The van der Waals surface area contributed by atoms with Gasteiger partial charge in [0.15, 0.2) is 34.7 Å². The minimum atomic E-state index is 0.504. The third-order valence-corrected chi connectivity index (χ3v) is 21.1. The number of amidine groups is 3. The van der Waals surface area contributed by atoms with Crippen LogP contribution >= 0.6 is 0 Å². The lowest BCUT2D eigenvalue weighted by atomic mass is 10.1. The molecule has 0 atom stereocenters. The fourth-order valence-electron chi connectivity index (χ4n) is 14.4. The van der Waals surface area contributed by atoms with Gasteiger partial charge in [0.05, 0.1) is 39.6 Å². The highest BCUT2D eigenvalue weighted by molar-refractivity contribution is 6.25. The number of hydrogen-bond acceptors (Lipinski definition) is 11. The highest BCUT2D eigenvalue weighted by Gasteiger charge is 2.33. The summed E-state index contributed by atoms with van der Waals surface area (Å²) in [5, 5.41) is 0. The smallest absolute Gasteiger partial charge is 0.241 e. The third kappa shape index (κ3) is 40.7. The van der Waals surface area contributed by atoms with E-state index in [1.54, 1.807) is 0 Å². The van der Waals surface area contributed by atoms with Gasteiger partial charge in [-0.2, -0.15) is 9.98 Å². The molecule has 0 amide bonds. The summed E-state index contributed by atoms with van der Waals surface area (Å²) < 4.78 is 41.4. The first kappa shape index (κ1) is 88.8. The van der Waals surface area contributed by atoms with Gasteiger partial charge in [-0.1, -0.05) is 394 Å². The minimum absolute atomic E-state index is 0.504. The van der Waals surface area contributed by atoms with Gasteiger partial charge in [-0.05, 0) is 74.9 Å². The van der Waals surface area contributed by atoms with Crippen molar-refractivity contribution in [2.24, 2.45) is 20.0 Å². The highest BCUT2D eigenvalue weighted by Crippen LogP contribution is 2.43. The molecule has 0 aliphatic carbocycles. The van der Waals surface area contributed by atoms with Crippen molar-refractivity contribution >= 4 is 23.5 Å². The Morgan fingerprint density at radius 3 is 0.718 bits per heavy atom. The Balaban J connectivity index is 1.47. The molecule has 11 nitrogen and oxygen atoms in total. The largest absolute Gasteiger partial charge is 0.490 e. The molecule has 3 aliphatic heterocycles. The van der Waals surface area contributed by atoms with Gasteiger partial charge in [-0.25, -0.2) is 14.9 Å². The molecule has 2 aromatic rings. The van der Waals surface area contributed by atoms with Crippen LogP contribution in [0, 0.1) is 0 Å². The van der Waals surface area contributed by atoms with Gasteiger partial charge in [0, 0.05) is 11.1 Å². The van der Waals surface area contributed by atoms with Crippen molar-refractivity contribution in [3.05, 3.63) is 59.4 Å². The van der Waals surface area contributed by atoms with Gasteiger partial charge in [0.2, 0.25) is 17.5 Å². The van der Waals surface area contributed by atoms with Gasteiger partial charge in [-0.3, -0.25) is 0 Å². The third-order valence-electron chi connectivity index (χ3n) is 21.1. The lowest BCUT2D eigenvalue weighted by molar-refractivity contribution is 0.234. The summed E-state index contributed by atoms with van der Waals surface area (Å²) in [4.78, 5) is 23.3. The van der Waals surface area contributed by atoms with Crippen LogP contribution in [0.25, 0.3) is 0 Å². The zero-order valence-corrected chi connectivity index (χ0v) is 67.9. The Kier molecular flexibility index (Phi) is 53.7. The number of hydrogen-bond donors (Lipinski definition) is 0. The normalized spacial score (nSPS) is 13.2. The highest BCUT2D eigenvalue weighted by atomic mass is 16.5. The molecular weight excluding hydrogens is 1270 g/mol. The van der Waals surface area contributed by atoms with E-state index >= 15 is 0 Å². The standard InChI is InChI=1S/C92H157N5O6/c1-7-13-19-25-31-37-43-49-55-61-70-98-82-76-80(77-83(99-71-62-56-50-44-38-32-26-20-14-8-2)88(82)102-74-65-59-53-47-41-35-29-23-17-11-5)90-93-86-68-67-69-87-94-91(96-92(95-90)97(86)87)81-78-84(100-72-63-57-51-45-39-33-27-21-15-9-3)89(103-75-66-60-54-48-42-36-30-24-18-12-6)85(79-81)101-73-64-58-52-46-40-34-28-22-16-10-4/h67-69,76-79H,7-66,70-75H2,1-6H3. The SMILES string of the molecule is CCCCCCCCCCCCOc1cc(C2=NC3=CC=CC4=NC(c5cc(OCCCCCCCCCCCC)c(OCCCCCCCCCCCC)c(OCCCCCCCCCCCC)c5)=NC(=N2)N34)cc(OCCCCCCCCCCCC)c1OCCCCCCCCCCCC. The van der Waals surface area contributed by atoms with Gasteiger partial charge >= 0.3 is 0 Å². The average molecular weight is 1430 g/mol. The van der Waals surface area contributed by atoms with Crippen molar-refractivity contribution in [1.82, 2.24) is 4.90 Å². The summed E-state index contributed by atoms with van der Waals surface area (Å²) in [5.74, 6) is 7.20. The molecule has 2 aromatic carbocycles. The van der Waals surface area contributed by atoms with Crippen LogP contribution in [-0.2, 0) is 0 Å². The first-order valence-corrected chi connectivity index (χ1v) is 44.7. The number of ether oxygens (including phenoxy) is 6. The molecule has 0 unspecified atom stereocenters. The Labute approximate surface area is 633 Å². The van der Waals surface area contributed by atoms with Crippen LogP contribution in [0.2, 0.25) is 0 Å². The van der Waals surface area contributed by atoms with Crippen molar-refractivity contribution in [2.45, 2.75) is 427 Å². The Morgan fingerprint density at radius 2 is 0.466 bits per heavy atom. The quantitative estimate of drug-likeness (QED) is 0.0607. The lowest BCUT2D eigenvalue weighted by Crippen LogP contribution is -2.41. The zero-order chi connectivity index (χ0) is 72.8. The molecule has 0 saturated heterocycles. The van der Waals surface area contributed by atoms with Crippen molar-refractivity contribution in [1.29, 1.82) is 0 Å². The van der Waals surface area contributed by atoms with E-state index in [9.17, 15) is 0 Å². The number of allylic oxidation sites excluding steroid dienone is 2. The first-order chi connectivity index (χ1) is 51.0. The van der Waals surface area contributed by atoms with E-state index in [0.29, 0.717) is 103 Å². The topological polar surface area (TPSA) is 108 Å². The maximum absolute atomic E-state index is 6.92. The van der Waals surface area contributed by atoms with Crippen LogP contribution in [0.3, 0.4) is 0 Å². The maximum Gasteiger partial charge on any atom is 0.241 e. The molecule has 0 radical (unpaired) electrons. The summed E-state index contributed by atoms with van der Waals surface area (Å²) in [6.07, 6.45) is 82.3. The van der Waals surface area contributed by atoms with Crippen molar-refractivity contribution in [2.75, 3.05) is 39.6 Å². The molecule has 0 spiro atoms. The summed E-state index contributed by atoms with van der Waals surface area (Å²) in [6, 6.07) is 8.40. The van der Waals surface area contributed by atoms with Gasteiger partial charge in [-0.15, -0.1) is 0 Å². The second-order valence-electron chi connectivity index (χ2n) is 30.8. The van der Waals surface area contributed by atoms with Crippen LogP contribution in [0.1, 0.15) is 438 Å². The van der Waals surface area contributed by atoms with Gasteiger partial charge < -0.3 is 28.4 Å². The molecule has 0 saturated carbocycles. The molecule has 0 fully saturated rings. The van der Waals surface area contributed by atoms with Crippen molar-refractivity contribution in [3.63, 3.8) is 0 Å². The van der Waals surface area contributed by atoms with E-state index in [-0.39, 0.29) is 0 Å². The van der Waals surface area contributed by atoms with Crippen LogP contribution in [0.5, 0.6) is 34.5 Å². The summed E-state index contributed by atoms with van der Waals surface area (Å²) in [7, 11) is 0. The average Bonchev–Trinajstić information content (AvgIpc) is 0.780. The molecule has 11 heteroatoms. The molecule has 3 aliphatic rings. The zero-order valence-electron chi connectivity index (χ0n) is 67.9. The lowest BCUT2D eigenvalue weighted by Gasteiger charge is -2.31. The summed E-state index contributed by atoms with van der Waals surface area (Å²) in [5.41, 5.74) is 1.61. The number of rotatable bonds is 74. The molecular formula is C92H157N5O6. The Bertz CT molecular complexity index is 2380. The van der Waals surface area contributed by atoms with Crippen molar-refractivity contribution < 1.29 is 28.4 Å². The second-order valence-corrected chi connectivity index (χ2v) is 30.8. The van der Waals surface area contributed by atoms with Crippen LogP contribution in [0.15, 0.2) is 68.3 Å². The molecule has 5 rings (SSSR count).